The van der Waals surface area contributed by atoms with Crippen LogP contribution in [0.15, 0.2) is 0 Å². The fourth-order valence-electron chi connectivity index (χ4n) is 2.07. The first-order chi connectivity index (χ1) is 8.95. The molecule has 0 fully saturated rings. The Morgan fingerprint density at radius 3 is 1.89 bits per heavy atom. The van der Waals surface area contributed by atoms with E-state index in [1.807, 2.05) is 0 Å². The third-order valence-electron chi connectivity index (χ3n) is 3.02. The van der Waals surface area contributed by atoms with Crippen molar-refractivity contribution >= 4 is 16.4 Å². The summed E-state index contributed by atoms with van der Waals surface area (Å²) in [5.41, 5.74) is 0. The van der Waals surface area contributed by atoms with Crippen molar-refractivity contribution in [2.45, 2.75) is 77.2 Å². The molecule has 0 aliphatic carbocycles. The predicted octanol–water partition coefficient (Wildman–Crippen LogP) is 3.45. The van der Waals surface area contributed by atoms with Crippen molar-refractivity contribution in [2.24, 2.45) is 0 Å². The molecule has 5 heteroatoms. The minimum atomic E-state index is -3.31. The first kappa shape index (κ1) is 18.6. The van der Waals surface area contributed by atoms with Crippen molar-refractivity contribution in [1.82, 2.24) is 0 Å². The number of carbonyl (C=O) groups excluding carboxylic acids is 1. The average molecular weight is 292 g/mol. The summed E-state index contributed by atoms with van der Waals surface area (Å²) in [6, 6.07) is 0. The van der Waals surface area contributed by atoms with Gasteiger partial charge in [0.25, 0.3) is 10.1 Å². The molecule has 4 nitrogen and oxygen atoms in total. The SMILES string of the molecule is CC(CCCCCCCCCCC=O)OS(C)(=O)=O. The molecule has 0 rings (SSSR count). The summed E-state index contributed by atoms with van der Waals surface area (Å²) >= 11 is 0. The van der Waals surface area contributed by atoms with E-state index in [0.29, 0.717) is 6.42 Å². The van der Waals surface area contributed by atoms with Gasteiger partial charge >= 0.3 is 0 Å². The van der Waals surface area contributed by atoms with Crippen LogP contribution in [0.2, 0.25) is 0 Å². The zero-order valence-electron chi connectivity index (χ0n) is 12.3. The van der Waals surface area contributed by atoms with Crippen molar-refractivity contribution in [2.75, 3.05) is 6.26 Å². The number of hydrogen-bond donors (Lipinski definition) is 0. The number of aldehydes is 1. The summed E-state index contributed by atoms with van der Waals surface area (Å²) in [5, 5.41) is 0. The highest BCUT2D eigenvalue weighted by molar-refractivity contribution is 7.86. The van der Waals surface area contributed by atoms with Gasteiger partial charge in [-0.05, 0) is 19.8 Å². The summed E-state index contributed by atoms with van der Waals surface area (Å²) in [6.07, 6.45) is 12.5. The summed E-state index contributed by atoms with van der Waals surface area (Å²) in [4.78, 5) is 10.1. The molecule has 1 unspecified atom stereocenters. The van der Waals surface area contributed by atoms with Gasteiger partial charge < -0.3 is 4.79 Å². The molecule has 0 heterocycles. The lowest BCUT2D eigenvalue weighted by atomic mass is 10.1. The molecular formula is C14H28O4S. The van der Waals surface area contributed by atoms with E-state index in [9.17, 15) is 13.2 Å². The highest BCUT2D eigenvalue weighted by Crippen LogP contribution is 2.12. The molecule has 114 valence electrons. The van der Waals surface area contributed by atoms with Crippen LogP contribution in [0, 0.1) is 0 Å². The summed E-state index contributed by atoms with van der Waals surface area (Å²) in [7, 11) is -3.31. The van der Waals surface area contributed by atoms with Crippen LogP contribution in [-0.2, 0) is 19.1 Å². The Bertz CT molecular complexity index is 311. The molecule has 0 aromatic heterocycles. The van der Waals surface area contributed by atoms with Gasteiger partial charge in [0.15, 0.2) is 0 Å². The number of unbranched alkanes of at least 4 members (excludes halogenated alkanes) is 8. The van der Waals surface area contributed by atoms with E-state index in [-0.39, 0.29) is 6.10 Å². The van der Waals surface area contributed by atoms with E-state index in [2.05, 4.69) is 0 Å². The molecule has 0 radical (unpaired) electrons. The molecule has 1 atom stereocenters. The van der Waals surface area contributed by atoms with Crippen molar-refractivity contribution < 1.29 is 17.4 Å². The molecule has 0 saturated heterocycles. The predicted molar refractivity (Wildman–Crippen MR) is 77.6 cm³/mol. The fourth-order valence-corrected chi connectivity index (χ4v) is 2.76. The first-order valence-electron chi connectivity index (χ1n) is 7.27. The molecule has 0 saturated carbocycles. The maximum Gasteiger partial charge on any atom is 0.264 e. The second kappa shape index (κ2) is 11.4. The Kier molecular flexibility index (Phi) is 11.2. The third kappa shape index (κ3) is 15.5. The lowest BCUT2D eigenvalue weighted by Gasteiger charge is -2.10. The van der Waals surface area contributed by atoms with Gasteiger partial charge in [-0.2, -0.15) is 8.42 Å². The lowest BCUT2D eigenvalue weighted by molar-refractivity contribution is -0.107. The van der Waals surface area contributed by atoms with Crippen molar-refractivity contribution in [3.8, 4) is 0 Å². The lowest BCUT2D eigenvalue weighted by Crippen LogP contribution is -2.13. The summed E-state index contributed by atoms with van der Waals surface area (Å²) < 4.78 is 26.6. The van der Waals surface area contributed by atoms with Gasteiger partial charge in [-0.1, -0.05) is 44.9 Å². The van der Waals surface area contributed by atoms with Crippen molar-refractivity contribution in [1.29, 1.82) is 0 Å². The van der Waals surface area contributed by atoms with E-state index >= 15 is 0 Å². The van der Waals surface area contributed by atoms with E-state index in [1.165, 1.54) is 25.7 Å². The molecule has 19 heavy (non-hydrogen) atoms. The Morgan fingerprint density at radius 2 is 1.42 bits per heavy atom. The molecular weight excluding hydrogens is 264 g/mol. The minimum absolute atomic E-state index is 0.210. The van der Waals surface area contributed by atoms with Gasteiger partial charge in [0.05, 0.1) is 12.4 Å². The Labute approximate surface area is 118 Å². The molecule has 0 amide bonds. The molecule has 0 aromatic rings. The van der Waals surface area contributed by atoms with Gasteiger partial charge in [0, 0.05) is 6.42 Å². The van der Waals surface area contributed by atoms with E-state index in [1.54, 1.807) is 6.92 Å². The first-order valence-corrected chi connectivity index (χ1v) is 9.09. The number of rotatable bonds is 13. The topological polar surface area (TPSA) is 60.4 Å². The Hall–Kier alpha value is -0.420. The van der Waals surface area contributed by atoms with Crippen LogP contribution in [0.25, 0.3) is 0 Å². The van der Waals surface area contributed by atoms with Crippen LogP contribution in [0.1, 0.15) is 71.1 Å². The maximum absolute atomic E-state index is 10.9. The molecule has 0 aliphatic heterocycles. The zero-order valence-corrected chi connectivity index (χ0v) is 13.1. The Balaban J connectivity index is 3.24. The average Bonchev–Trinajstić information content (AvgIpc) is 2.29. The van der Waals surface area contributed by atoms with Gasteiger partial charge in [0.2, 0.25) is 0 Å². The van der Waals surface area contributed by atoms with E-state index < -0.39 is 10.1 Å². The van der Waals surface area contributed by atoms with Crippen LogP contribution in [0.4, 0.5) is 0 Å². The summed E-state index contributed by atoms with van der Waals surface area (Å²) in [5.74, 6) is 0. The smallest absolute Gasteiger partial charge is 0.264 e. The standard InChI is InChI=1S/C14H28O4S/c1-14(18-19(2,16)17)12-10-8-6-4-3-5-7-9-11-13-15/h13-14H,3-12H2,1-2H3. The molecule has 0 aliphatic rings. The minimum Gasteiger partial charge on any atom is -0.303 e. The zero-order chi connectivity index (χ0) is 14.6. The van der Waals surface area contributed by atoms with Crippen LogP contribution in [0.5, 0.6) is 0 Å². The van der Waals surface area contributed by atoms with Crippen molar-refractivity contribution in [3.63, 3.8) is 0 Å². The maximum atomic E-state index is 10.9. The van der Waals surface area contributed by atoms with Crippen LogP contribution >= 0.6 is 0 Å². The quantitative estimate of drug-likeness (QED) is 0.296. The molecule has 0 bridgehead atoms. The number of carbonyl (C=O) groups is 1. The van der Waals surface area contributed by atoms with Gasteiger partial charge in [-0.15, -0.1) is 0 Å². The van der Waals surface area contributed by atoms with E-state index in [4.69, 9.17) is 4.18 Å². The largest absolute Gasteiger partial charge is 0.303 e. The van der Waals surface area contributed by atoms with Gasteiger partial charge in [-0.3, -0.25) is 4.18 Å². The summed E-state index contributed by atoms with van der Waals surface area (Å²) in [6.45, 7) is 1.80. The van der Waals surface area contributed by atoms with E-state index in [0.717, 1.165) is 44.6 Å². The fraction of sp³-hybridized carbons (Fsp3) is 0.929. The van der Waals surface area contributed by atoms with Crippen molar-refractivity contribution in [3.05, 3.63) is 0 Å². The van der Waals surface area contributed by atoms with Crippen LogP contribution in [0.3, 0.4) is 0 Å². The van der Waals surface area contributed by atoms with Crippen LogP contribution in [-0.4, -0.2) is 27.1 Å². The second-order valence-corrected chi connectivity index (χ2v) is 6.78. The Morgan fingerprint density at radius 1 is 0.947 bits per heavy atom. The molecule has 0 spiro atoms. The molecule has 0 N–H and O–H groups in total. The van der Waals surface area contributed by atoms with Gasteiger partial charge in [0.1, 0.15) is 6.29 Å². The van der Waals surface area contributed by atoms with Crippen LogP contribution < -0.4 is 0 Å². The monoisotopic (exact) mass is 292 g/mol. The highest BCUT2D eigenvalue weighted by Gasteiger charge is 2.09. The normalized spacial score (nSPS) is 13.4. The highest BCUT2D eigenvalue weighted by atomic mass is 32.2. The number of hydrogen-bond acceptors (Lipinski definition) is 4. The molecule has 0 aromatic carbocycles. The van der Waals surface area contributed by atoms with Gasteiger partial charge in [-0.25, -0.2) is 0 Å². The second-order valence-electron chi connectivity index (χ2n) is 5.18. The third-order valence-corrected chi connectivity index (χ3v) is 3.70.